The number of phenols is 1. The summed E-state index contributed by atoms with van der Waals surface area (Å²) in [6.45, 7) is 4.05. The van der Waals surface area contributed by atoms with Crippen molar-refractivity contribution in [2.45, 2.75) is 32.7 Å². The van der Waals surface area contributed by atoms with Gasteiger partial charge in [0.2, 0.25) is 0 Å². The topological polar surface area (TPSA) is 60.8 Å². The number of carbonyl (C=O) groups is 1. The molecule has 110 valence electrons. The number of phenolic OH excluding ortho intramolecular Hbond substituents is 1. The van der Waals surface area contributed by atoms with Crippen molar-refractivity contribution in [2.75, 3.05) is 13.1 Å². The van der Waals surface area contributed by atoms with Gasteiger partial charge in [-0.3, -0.25) is 9.69 Å². The predicted molar refractivity (Wildman–Crippen MR) is 78.0 cm³/mol. The third-order valence-electron chi connectivity index (χ3n) is 4.03. The second kappa shape index (κ2) is 6.02. The minimum Gasteiger partial charge on any atom is -0.506 e. The molecule has 1 aromatic rings. The van der Waals surface area contributed by atoms with E-state index >= 15 is 0 Å². The molecule has 0 aliphatic carbocycles. The first kappa shape index (κ1) is 15.1. The third-order valence-corrected chi connectivity index (χ3v) is 4.34. The van der Waals surface area contributed by atoms with Crippen LogP contribution in [0.2, 0.25) is 5.02 Å². The molecule has 20 heavy (non-hydrogen) atoms. The molecule has 1 aliphatic rings. The molecule has 1 aliphatic heterocycles. The molecule has 0 bridgehead atoms. The van der Waals surface area contributed by atoms with Gasteiger partial charge >= 0.3 is 5.97 Å². The van der Waals surface area contributed by atoms with E-state index in [1.807, 2.05) is 13.0 Å². The molecule has 1 unspecified atom stereocenters. The van der Waals surface area contributed by atoms with E-state index < -0.39 is 11.4 Å². The molecule has 0 aromatic heterocycles. The molecular weight excluding hydrogens is 278 g/mol. The maximum atomic E-state index is 11.5. The Morgan fingerprint density at radius 2 is 2.25 bits per heavy atom. The summed E-state index contributed by atoms with van der Waals surface area (Å²) in [5, 5.41) is 19.2. The van der Waals surface area contributed by atoms with Crippen LogP contribution in [0.25, 0.3) is 0 Å². The average Bonchev–Trinajstić information content (AvgIpc) is 2.79. The highest BCUT2D eigenvalue weighted by molar-refractivity contribution is 6.32. The number of carboxylic acid groups (broad SMARTS) is 1. The van der Waals surface area contributed by atoms with Gasteiger partial charge in [0.25, 0.3) is 0 Å². The molecule has 1 fully saturated rings. The molecule has 1 saturated heterocycles. The van der Waals surface area contributed by atoms with Gasteiger partial charge in [0.15, 0.2) is 0 Å². The maximum absolute atomic E-state index is 11.5. The largest absolute Gasteiger partial charge is 0.506 e. The minimum absolute atomic E-state index is 0.0719. The SMILES string of the molecule is CCCC1(C(=O)O)CCN(Cc2ccc(O)c(Cl)c2)C1. The van der Waals surface area contributed by atoms with Crippen molar-refractivity contribution in [3.8, 4) is 5.75 Å². The predicted octanol–water partition coefficient (Wildman–Crippen LogP) is 3.12. The summed E-state index contributed by atoms with van der Waals surface area (Å²) in [4.78, 5) is 13.7. The minimum atomic E-state index is -0.689. The summed E-state index contributed by atoms with van der Waals surface area (Å²) in [6, 6.07) is 5.13. The van der Waals surface area contributed by atoms with Gasteiger partial charge in [-0.1, -0.05) is 31.0 Å². The van der Waals surface area contributed by atoms with Gasteiger partial charge in [-0.25, -0.2) is 0 Å². The molecule has 0 spiro atoms. The van der Waals surface area contributed by atoms with E-state index in [1.165, 1.54) is 0 Å². The number of aromatic hydroxyl groups is 1. The van der Waals surface area contributed by atoms with Gasteiger partial charge in [-0.05, 0) is 37.1 Å². The number of carboxylic acids is 1. The molecule has 0 saturated carbocycles. The zero-order valence-corrected chi connectivity index (χ0v) is 12.4. The molecular formula is C15H20ClNO3. The fourth-order valence-corrected chi connectivity index (χ4v) is 3.17. The first-order valence-corrected chi connectivity index (χ1v) is 7.28. The highest BCUT2D eigenvalue weighted by Gasteiger charge is 2.43. The smallest absolute Gasteiger partial charge is 0.310 e. The van der Waals surface area contributed by atoms with E-state index in [4.69, 9.17) is 11.6 Å². The lowest BCUT2D eigenvalue weighted by Crippen LogP contribution is -2.34. The molecule has 4 nitrogen and oxygen atoms in total. The van der Waals surface area contributed by atoms with Crippen LogP contribution < -0.4 is 0 Å². The number of benzene rings is 1. The van der Waals surface area contributed by atoms with E-state index in [0.717, 1.165) is 24.9 Å². The summed E-state index contributed by atoms with van der Waals surface area (Å²) >= 11 is 5.89. The van der Waals surface area contributed by atoms with Crippen molar-refractivity contribution in [3.05, 3.63) is 28.8 Å². The van der Waals surface area contributed by atoms with Gasteiger partial charge < -0.3 is 10.2 Å². The number of hydrogen-bond donors (Lipinski definition) is 2. The van der Waals surface area contributed by atoms with Crippen LogP contribution in [0.1, 0.15) is 31.7 Å². The fourth-order valence-electron chi connectivity index (χ4n) is 2.96. The normalized spacial score (nSPS) is 23.1. The van der Waals surface area contributed by atoms with E-state index in [2.05, 4.69) is 4.90 Å². The number of halogens is 1. The zero-order valence-electron chi connectivity index (χ0n) is 11.6. The Kier molecular flexibility index (Phi) is 4.55. The summed E-state index contributed by atoms with van der Waals surface area (Å²) in [5.74, 6) is -0.617. The molecule has 5 heteroatoms. The Morgan fingerprint density at radius 3 is 2.85 bits per heavy atom. The number of likely N-dealkylation sites (tertiary alicyclic amines) is 1. The second-order valence-electron chi connectivity index (χ2n) is 5.58. The Hall–Kier alpha value is -1.26. The monoisotopic (exact) mass is 297 g/mol. The third kappa shape index (κ3) is 3.07. The van der Waals surface area contributed by atoms with Crippen LogP contribution >= 0.6 is 11.6 Å². The standard InChI is InChI=1S/C15H20ClNO3/c1-2-5-15(14(19)20)6-7-17(10-15)9-11-3-4-13(18)12(16)8-11/h3-4,8,18H,2,5-7,9-10H2,1H3,(H,19,20). The number of hydrogen-bond acceptors (Lipinski definition) is 3. The Morgan fingerprint density at radius 1 is 1.50 bits per heavy atom. The molecule has 0 amide bonds. The van der Waals surface area contributed by atoms with Crippen LogP contribution in [0, 0.1) is 5.41 Å². The van der Waals surface area contributed by atoms with E-state index in [-0.39, 0.29) is 5.75 Å². The maximum Gasteiger partial charge on any atom is 0.310 e. The van der Waals surface area contributed by atoms with E-state index in [9.17, 15) is 15.0 Å². The molecule has 2 rings (SSSR count). The number of aliphatic carboxylic acids is 1. The lowest BCUT2D eigenvalue weighted by Gasteiger charge is -2.24. The Balaban J connectivity index is 2.05. The lowest BCUT2D eigenvalue weighted by molar-refractivity contribution is -0.148. The molecule has 1 atom stereocenters. The van der Waals surface area contributed by atoms with Gasteiger partial charge in [0, 0.05) is 13.1 Å². The quantitative estimate of drug-likeness (QED) is 0.876. The summed E-state index contributed by atoms with van der Waals surface area (Å²) in [7, 11) is 0. The van der Waals surface area contributed by atoms with Crippen molar-refractivity contribution in [3.63, 3.8) is 0 Å². The van der Waals surface area contributed by atoms with Crippen LogP contribution in [0.5, 0.6) is 5.75 Å². The first-order chi connectivity index (χ1) is 9.47. The Labute approximate surface area is 124 Å². The van der Waals surface area contributed by atoms with Crippen LogP contribution in [0.4, 0.5) is 0 Å². The number of rotatable bonds is 5. The van der Waals surface area contributed by atoms with Gasteiger partial charge in [0.05, 0.1) is 10.4 Å². The van der Waals surface area contributed by atoms with Crippen LogP contribution in [0.3, 0.4) is 0 Å². The molecule has 0 radical (unpaired) electrons. The molecule has 2 N–H and O–H groups in total. The lowest BCUT2D eigenvalue weighted by atomic mass is 9.83. The van der Waals surface area contributed by atoms with Crippen molar-refractivity contribution >= 4 is 17.6 Å². The fraction of sp³-hybridized carbons (Fsp3) is 0.533. The van der Waals surface area contributed by atoms with Gasteiger partial charge in [-0.15, -0.1) is 0 Å². The summed E-state index contributed by atoms with van der Waals surface area (Å²) in [6.07, 6.45) is 2.29. The van der Waals surface area contributed by atoms with Crippen molar-refractivity contribution in [1.82, 2.24) is 4.90 Å². The average molecular weight is 298 g/mol. The van der Waals surface area contributed by atoms with Crippen molar-refractivity contribution in [2.24, 2.45) is 5.41 Å². The van der Waals surface area contributed by atoms with Crippen LogP contribution in [-0.2, 0) is 11.3 Å². The zero-order chi connectivity index (χ0) is 14.8. The second-order valence-corrected chi connectivity index (χ2v) is 5.99. The van der Waals surface area contributed by atoms with Gasteiger partial charge in [0.1, 0.15) is 5.75 Å². The summed E-state index contributed by atoms with van der Waals surface area (Å²) in [5.41, 5.74) is 0.389. The van der Waals surface area contributed by atoms with Gasteiger partial charge in [-0.2, -0.15) is 0 Å². The van der Waals surface area contributed by atoms with Crippen molar-refractivity contribution in [1.29, 1.82) is 0 Å². The van der Waals surface area contributed by atoms with E-state index in [0.29, 0.717) is 24.5 Å². The molecule has 1 heterocycles. The summed E-state index contributed by atoms with van der Waals surface area (Å²) < 4.78 is 0. The van der Waals surface area contributed by atoms with E-state index in [1.54, 1.807) is 12.1 Å². The highest BCUT2D eigenvalue weighted by Crippen LogP contribution is 2.36. The number of nitrogens with zero attached hydrogens (tertiary/aromatic N) is 1. The first-order valence-electron chi connectivity index (χ1n) is 6.90. The highest BCUT2D eigenvalue weighted by atomic mass is 35.5. The molecule has 1 aromatic carbocycles. The van der Waals surface area contributed by atoms with Crippen LogP contribution in [0.15, 0.2) is 18.2 Å². The van der Waals surface area contributed by atoms with Crippen LogP contribution in [-0.4, -0.2) is 34.2 Å². The Bertz CT molecular complexity index is 506. The van der Waals surface area contributed by atoms with Crippen molar-refractivity contribution < 1.29 is 15.0 Å².